The van der Waals surface area contributed by atoms with Crippen molar-refractivity contribution in [1.82, 2.24) is 0 Å². The van der Waals surface area contributed by atoms with Gasteiger partial charge in [-0.05, 0) is 71.3 Å². The van der Waals surface area contributed by atoms with Gasteiger partial charge in [0.1, 0.15) is 11.6 Å². The first-order chi connectivity index (χ1) is 17.5. The van der Waals surface area contributed by atoms with Gasteiger partial charge in [-0.15, -0.1) is 0 Å². The molecule has 0 fully saturated rings. The fourth-order valence-electron chi connectivity index (χ4n) is 4.18. The molecule has 0 aliphatic carbocycles. The van der Waals surface area contributed by atoms with Crippen molar-refractivity contribution in [3.05, 3.63) is 136 Å². The van der Waals surface area contributed by atoms with Crippen LogP contribution in [0.15, 0.2) is 97.1 Å². The molecule has 0 saturated heterocycles. The highest BCUT2D eigenvalue weighted by molar-refractivity contribution is 5.91. The van der Waals surface area contributed by atoms with Gasteiger partial charge in [0.15, 0.2) is 0 Å². The van der Waals surface area contributed by atoms with Crippen LogP contribution in [-0.4, -0.2) is 5.97 Å². The highest BCUT2D eigenvalue weighted by Crippen LogP contribution is 2.22. The number of carbonyl (C=O) groups excluding carboxylic acids is 1. The fraction of sp³-hybridized carbons (Fsp3) is 0.182. The average Bonchev–Trinajstić information content (AvgIpc) is 2.90. The maximum atomic E-state index is 14.7. The zero-order chi connectivity index (χ0) is 25.3. The van der Waals surface area contributed by atoms with Crippen molar-refractivity contribution in [2.24, 2.45) is 0 Å². The minimum atomic E-state index is -0.403. The van der Waals surface area contributed by atoms with Crippen molar-refractivity contribution in [2.75, 3.05) is 0 Å². The van der Waals surface area contributed by atoms with E-state index >= 15 is 0 Å². The average molecular weight is 479 g/mol. The molecule has 0 heterocycles. The highest BCUT2D eigenvalue weighted by Gasteiger charge is 2.10. The quantitative estimate of drug-likeness (QED) is 0.137. The first-order valence-corrected chi connectivity index (χ1v) is 12.4. The van der Waals surface area contributed by atoms with Crippen LogP contribution in [0.3, 0.4) is 0 Å². The molecule has 0 aliphatic rings. The molecule has 3 heteroatoms. The van der Waals surface area contributed by atoms with Crippen LogP contribution in [0.4, 0.5) is 4.39 Å². The first-order valence-electron chi connectivity index (χ1n) is 12.4. The minimum absolute atomic E-state index is 0.242. The Bertz CT molecular complexity index is 1310. The molecule has 2 nitrogen and oxygen atoms in total. The van der Waals surface area contributed by atoms with Gasteiger partial charge in [0.05, 0.1) is 5.56 Å². The highest BCUT2D eigenvalue weighted by atomic mass is 19.1. The summed E-state index contributed by atoms with van der Waals surface area (Å²) < 4.78 is 20.2. The van der Waals surface area contributed by atoms with E-state index in [0.29, 0.717) is 22.8 Å². The lowest BCUT2D eigenvalue weighted by Crippen LogP contribution is -2.08. The molecule has 0 aromatic heterocycles. The van der Waals surface area contributed by atoms with Crippen LogP contribution in [-0.2, 0) is 12.8 Å². The second-order valence-corrected chi connectivity index (χ2v) is 9.11. The van der Waals surface area contributed by atoms with Gasteiger partial charge in [0.25, 0.3) is 0 Å². The van der Waals surface area contributed by atoms with E-state index in [4.69, 9.17) is 4.74 Å². The third-order valence-electron chi connectivity index (χ3n) is 6.25. The van der Waals surface area contributed by atoms with Crippen molar-refractivity contribution in [3.8, 4) is 5.75 Å². The lowest BCUT2D eigenvalue weighted by atomic mass is 9.93. The molecule has 4 aromatic rings. The Labute approximate surface area is 213 Å². The molecule has 4 aromatic carbocycles. The van der Waals surface area contributed by atoms with Crippen molar-refractivity contribution < 1.29 is 13.9 Å². The summed E-state index contributed by atoms with van der Waals surface area (Å²) in [6.45, 7) is 4.29. The summed E-state index contributed by atoms with van der Waals surface area (Å²) in [5.74, 6) is 0.202. The number of halogens is 1. The smallest absolute Gasteiger partial charge is 0.343 e. The maximum Gasteiger partial charge on any atom is 0.343 e. The van der Waals surface area contributed by atoms with E-state index in [2.05, 4.69) is 26.0 Å². The van der Waals surface area contributed by atoms with E-state index in [9.17, 15) is 9.18 Å². The van der Waals surface area contributed by atoms with Crippen LogP contribution in [0.2, 0.25) is 0 Å². The molecule has 0 aliphatic heterocycles. The van der Waals surface area contributed by atoms with E-state index < -0.39 is 5.97 Å². The number of rotatable bonds is 9. The summed E-state index contributed by atoms with van der Waals surface area (Å²) in [6, 6.07) is 30.4. The van der Waals surface area contributed by atoms with Crippen molar-refractivity contribution in [1.29, 1.82) is 0 Å². The van der Waals surface area contributed by atoms with Crippen LogP contribution >= 0.6 is 0 Å². The molecule has 0 unspecified atom stereocenters. The molecule has 4 rings (SSSR count). The van der Waals surface area contributed by atoms with Crippen molar-refractivity contribution >= 4 is 18.1 Å². The monoisotopic (exact) mass is 478 g/mol. The molecule has 182 valence electrons. The van der Waals surface area contributed by atoms with Gasteiger partial charge in [-0.25, -0.2) is 9.18 Å². The number of hydrogen-bond acceptors (Lipinski definition) is 2. The molecule has 1 atom stereocenters. The van der Waals surface area contributed by atoms with E-state index in [1.807, 2.05) is 72.8 Å². The summed E-state index contributed by atoms with van der Waals surface area (Å²) in [6.07, 6.45) is 6.46. The Morgan fingerprint density at radius 3 is 2.22 bits per heavy atom. The molecular formula is C33H31FO2. The molecule has 0 saturated carbocycles. The topological polar surface area (TPSA) is 26.3 Å². The molecule has 0 radical (unpaired) electrons. The number of benzene rings is 4. The normalized spacial score (nSPS) is 12.0. The van der Waals surface area contributed by atoms with Crippen LogP contribution in [0.25, 0.3) is 12.2 Å². The van der Waals surface area contributed by atoms with E-state index in [0.717, 1.165) is 30.4 Å². The van der Waals surface area contributed by atoms with Gasteiger partial charge in [0.2, 0.25) is 0 Å². The Morgan fingerprint density at radius 1 is 0.861 bits per heavy atom. The SMILES string of the molecule is CCCc1ccc(OC(=O)c2ccc(C=Cc3ccc(C[C@H](C)c4ccccc4)cc3F)cc2)cc1. The van der Waals surface area contributed by atoms with Gasteiger partial charge in [-0.2, -0.15) is 0 Å². The van der Waals surface area contributed by atoms with Gasteiger partial charge in [-0.3, -0.25) is 0 Å². The maximum absolute atomic E-state index is 14.7. The standard InChI is InChI=1S/C33H31FO2/c1-3-7-25-14-20-31(21-15-25)36-33(35)30-18-11-26(12-19-30)10-16-29-17-13-27(23-32(29)34)22-24(2)28-8-5-4-6-9-28/h4-6,8-21,23-24H,3,7,22H2,1-2H3/t24-/m0/s1. The van der Waals surface area contributed by atoms with Crippen LogP contribution in [0, 0.1) is 5.82 Å². The lowest BCUT2D eigenvalue weighted by Gasteiger charge is -2.12. The molecule has 0 spiro atoms. The Hall–Kier alpha value is -3.98. The van der Waals surface area contributed by atoms with E-state index in [1.165, 1.54) is 11.1 Å². The van der Waals surface area contributed by atoms with Gasteiger partial charge in [-0.1, -0.05) is 99.2 Å². The lowest BCUT2D eigenvalue weighted by molar-refractivity contribution is 0.0734. The molecule has 0 bridgehead atoms. The minimum Gasteiger partial charge on any atom is -0.423 e. The zero-order valence-corrected chi connectivity index (χ0v) is 20.8. The number of aryl methyl sites for hydroxylation is 1. The Kier molecular flexibility index (Phi) is 8.46. The summed E-state index contributed by atoms with van der Waals surface area (Å²) in [4.78, 5) is 12.5. The Balaban J connectivity index is 1.35. The molecule has 0 amide bonds. The second-order valence-electron chi connectivity index (χ2n) is 9.11. The molecule has 0 N–H and O–H groups in total. The van der Waals surface area contributed by atoms with Crippen LogP contribution in [0.5, 0.6) is 5.75 Å². The van der Waals surface area contributed by atoms with Gasteiger partial charge >= 0.3 is 5.97 Å². The van der Waals surface area contributed by atoms with Crippen LogP contribution in [0.1, 0.15) is 64.4 Å². The third kappa shape index (κ3) is 6.79. The first kappa shape index (κ1) is 25.1. The summed E-state index contributed by atoms with van der Waals surface area (Å²) >= 11 is 0. The largest absolute Gasteiger partial charge is 0.423 e. The predicted octanol–water partition coefficient (Wildman–Crippen LogP) is 8.51. The van der Waals surface area contributed by atoms with Gasteiger partial charge in [0, 0.05) is 5.56 Å². The predicted molar refractivity (Wildman–Crippen MR) is 146 cm³/mol. The van der Waals surface area contributed by atoms with E-state index in [-0.39, 0.29) is 5.82 Å². The number of hydrogen-bond donors (Lipinski definition) is 0. The van der Waals surface area contributed by atoms with Crippen LogP contribution < -0.4 is 4.74 Å². The molecule has 36 heavy (non-hydrogen) atoms. The van der Waals surface area contributed by atoms with Crippen molar-refractivity contribution in [3.63, 3.8) is 0 Å². The number of ether oxygens (including phenoxy) is 1. The summed E-state index contributed by atoms with van der Waals surface area (Å²) in [7, 11) is 0. The Morgan fingerprint density at radius 2 is 1.56 bits per heavy atom. The second kappa shape index (κ2) is 12.1. The number of carbonyl (C=O) groups is 1. The summed E-state index contributed by atoms with van der Waals surface area (Å²) in [5.41, 5.74) is 5.31. The molecular weight excluding hydrogens is 447 g/mol. The third-order valence-corrected chi connectivity index (χ3v) is 6.25. The van der Waals surface area contributed by atoms with Gasteiger partial charge < -0.3 is 4.74 Å². The van der Waals surface area contributed by atoms with Crippen molar-refractivity contribution in [2.45, 2.75) is 39.0 Å². The number of esters is 1. The summed E-state index contributed by atoms with van der Waals surface area (Å²) in [5, 5.41) is 0. The zero-order valence-electron chi connectivity index (χ0n) is 20.8. The fourth-order valence-corrected chi connectivity index (χ4v) is 4.18. The van der Waals surface area contributed by atoms with E-state index in [1.54, 1.807) is 24.3 Å².